The van der Waals surface area contributed by atoms with Crippen molar-refractivity contribution >= 4 is 5.78 Å². The van der Waals surface area contributed by atoms with Gasteiger partial charge in [-0.3, -0.25) is 4.79 Å². The Balaban J connectivity index is 2.18. The number of aryl methyl sites for hydroxylation is 1. The summed E-state index contributed by atoms with van der Waals surface area (Å²) >= 11 is 0. The molecule has 0 radical (unpaired) electrons. The fourth-order valence-electron chi connectivity index (χ4n) is 1.97. The third-order valence-electron chi connectivity index (χ3n) is 3.05. The number of likely N-dealkylation sites (N-methyl/N-ethyl adjacent to an activating group) is 1. The van der Waals surface area contributed by atoms with Gasteiger partial charge in [0.15, 0.2) is 5.78 Å². The molecule has 0 fully saturated rings. The van der Waals surface area contributed by atoms with E-state index in [1.54, 1.807) is 0 Å². The van der Waals surface area contributed by atoms with E-state index in [0.717, 1.165) is 11.1 Å². The van der Waals surface area contributed by atoms with Gasteiger partial charge in [-0.05, 0) is 32.1 Å². The van der Waals surface area contributed by atoms with Crippen molar-refractivity contribution < 1.29 is 4.79 Å². The Labute approximate surface area is 114 Å². The topological polar surface area (TPSA) is 20.3 Å². The van der Waals surface area contributed by atoms with Gasteiger partial charge < -0.3 is 4.90 Å². The molecule has 2 rings (SSSR count). The zero-order valence-electron chi connectivity index (χ0n) is 11.7. The van der Waals surface area contributed by atoms with Crippen molar-refractivity contribution in [2.75, 3.05) is 20.6 Å². The summed E-state index contributed by atoms with van der Waals surface area (Å²) in [7, 11) is 3.80. The van der Waals surface area contributed by atoms with Crippen molar-refractivity contribution in [2.45, 2.75) is 6.92 Å². The largest absolute Gasteiger partial charge is 0.302 e. The van der Waals surface area contributed by atoms with Crippen molar-refractivity contribution in [1.82, 2.24) is 4.90 Å². The number of benzene rings is 2. The summed E-state index contributed by atoms with van der Waals surface area (Å²) in [6, 6.07) is 16.2. The van der Waals surface area contributed by atoms with Gasteiger partial charge in [0, 0.05) is 5.56 Å². The van der Waals surface area contributed by atoms with E-state index >= 15 is 0 Å². The average Bonchev–Trinajstić information content (AvgIpc) is 2.39. The highest BCUT2D eigenvalue weighted by atomic mass is 16.1. The highest BCUT2D eigenvalue weighted by Gasteiger charge is 2.07. The number of nitrogens with zero attached hydrogens (tertiary/aromatic N) is 1. The lowest BCUT2D eigenvalue weighted by Crippen LogP contribution is -2.21. The summed E-state index contributed by atoms with van der Waals surface area (Å²) in [5, 5.41) is 0. The van der Waals surface area contributed by atoms with Crippen LogP contribution in [-0.4, -0.2) is 31.3 Å². The summed E-state index contributed by atoms with van der Waals surface area (Å²) in [5.74, 6) is 0.153. The lowest BCUT2D eigenvalue weighted by atomic mass is 10.0. The Morgan fingerprint density at radius 2 is 1.37 bits per heavy atom. The van der Waals surface area contributed by atoms with Crippen LogP contribution in [0.4, 0.5) is 0 Å². The molecule has 0 atom stereocenters. The molecule has 0 N–H and O–H groups in total. The SMILES string of the molecule is Cc1ccc(-c2ccc(C(=O)CN(C)C)cc2)cc1. The molecule has 2 aromatic carbocycles. The first-order valence-corrected chi connectivity index (χ1v) is 6.41. The smallest absolute Gasteiger partial charge is 0.176 e. The van der Waals surface area contributed by atoms with Crippen molar-refractivity contribution in [3.63, 3.8) is 0 Å². The first-order chi connectivity index (χ1) is 9.06. The molecule has 2 aromatic rings. The predicted molar refractivity (Wildman–Crippen MR) is 79.5 cm³/mol. The lowest BCUT2D eigenvalue weighted by Gasteiger charge is -2.09. The van der Waals surface area contributed by atoms with E-state index in [1.165, 1.54) is 11.1 Å². The summed E-state index contributed by atoms with van der Waals surface area (Å²) < 4.78 is 0. The summed E-state index contributed by atoms with van der Waals surface area (Å²) in [5.41, 5.74) is 4.34. The van der Waals surface area contributed by atoms with Gasteiger partial charge in [-0.2, -0.15) is 0 Å². The van der Waals surface area contributed by atoms with E-state index in [2.05, 4.69) is 31.2 Å². The van der Waals surface area contributed by atoms with Gasteiger partial charge in [0.2, 0.25) is 0 Å². The summed E-state index contributed by atoms with van der Waals surface area (Å²) in [6.07, 6.45) is 0. The third kappa shape index (κ3) is 3.52. The molecule has 98 valence electrons. The molecular weight excluding hydrogens is 234 g/mol. The maximum Gasteiger partial charge on any atom is 0.176 e. The number of Topliss-reactive ketones (excluding diaryl/α,β-unsaturated/α-hetero) is 1. The molecular formula is C17H19NO. The number of ketones is 1. The minimum Gasteiger partial charge on any atom is -0.302 e. The lowest BCUT2D eigenvalue weighted by molar-refractivity contribution is 0.0958. The van der Waals surface area contributed by atoms with Crippen molar-refractivity contribution in [2.24, 2.45) is 0 Å². The fraction of sp³-hybridized carbons (Fsp3) is 0.235. The maximum absolute atomic E-state index is 11.9. The van der Waals surface area contributed by atoms with E-state index in [0.29, 0.717) is 6.54 Å². The molecule has 0 saturated heterocycles. The molecule has 2 nitrogen and oxygen atoms in total. The molecule has 0 aliphatic rings. The number of hydrogen-bond donors (Lipinski definition) is 0. The van der Waals surface area contributed by atoms with Gasteiger partial charge in [0.1, 0.15) is 0 Å². The van der Waals surface area contributed by atoms with Gasteiger partial charge in [-0.25, -0.2) is 0 Å². The Kier molecular flexibility index (Phi) is 4.13. The maximum atomic E-state index is 11.9. The fourth-order valence-corrected chi connectivity index (χ4v) is 1.97. The molecule has 0 bridgehead atoms. The Bertz CT molecular complexity index is 553. The first-order valence-electron chi connectivity index (χ1n) is 6.41. The summed E-state index contributed by atoms with van der Waals surface area (Å²) in [6.45, 7) is 2.52. The minimum absolute atomic E-state index is 0.153. The summed E-state index contributed by atoms with van der Waals surface area (Å²) in [4.78, 5) is 13.8. The van der Waals surface area contributed by atoms with Crippen LogP contribution < -0.4 is 0 Å². The van der Waals surface area contributed by atoms with Crippen molar-refractivity contribution in [3.8, 4) is 11.1 Å². The van der Waals surface area contributed by atoms with Gasteiger partial charge in [0.25, 0.3) is 0 Å². The Hall–Kier alpha value is -1.93. The Morgan fingerprint density at radius 1 is 0.895 bits per heavy atom. The van der Waals surface area contributed by atoms with E-state index < -0.39 is 0 Å². The zero-order chi connectivity index (χ0) is 13.8. The third-order valence-corrected chi connectivity index (χ3v) is 3.05. The van der Waals surface area contributed by atoms with E-state index in [9.17, 15) is 4.79 Å². The van der Waals surface area contributed by atoms with Crippen LogP contribution in [0, 0.1) is 6.92 Å². The highest BCUT2D eigenvalue weighted by Crippen LogP contribution is 2.20. The molecule has 0 amide bonds. The van der Waals surface area contributed by atoms with Gasteiger partial charge >= 0.3 is 0 Å². The number of rotatable bonds is 4. The highest BCUT2D eigenvalue weighted by molar-refractivity contribution is 5.98. The average molecular weight is 253 g/mol. The molecule has 0 aliphatic carbocycles. The van der Waals surface area contributed by atoms with E-state index in [4.69, 9.17) is 0 Å². The molecule has 0 aliphatic heterocycles. The van der Waals surface area contributed by atoms with Crippen molar-refractivity contribution in [3.05, 3.63) is 59.7 Å². The van der Waals surface area contributed by atoms with Crippen LogP contribution in [0.15, 0.2) is 48.5 Å². The Morgan fingerprint density at radius 3 is 1.84 bits per heavy atom. The number of carbonyl (C=O) groups is 1. The van der Waals surface area contributed by atoms with Gasteiger partial charge in [-0.1, -0.05) is 54.1 Å². The van der Waals surface area contributed by atoms with Crippen LogP contribution in [0.2, 0.25) is 0 Å². The van der Waals surface area contributed by atoms with Crippen LogP contribution in [0.25, 0.3) is 11.1 Å². The second kappa shape index (κ2) is 5.81. The zero-order valence-corrected chi connectivity index (χ0v) is 11.7. The van der Waals surface area contributed by atoms with Crippen LogP contribution in [0.1, 0.15) is 15.9 Å². The molecule has 2 heteroatoms. The second-order valence-corrected chi connectivity index (χ2v) is 5.10. The first kappa shape index (κ1) is 13.5. The van der Waals surface area contributed by atoms with Gasteiger partial charge in [0.05, 0.1) is 6.54 Å². The molecule has 0 unspecified atom stereocenters. The van der Waals surface area contributed by atoms with Crippen LogP contribution >= 0.6 is 0 Å². The molecule has 19 heavy (non-hydrogen) atoms. The molecule has 0 aromatic heterocycles. The van der Waals surface area contributed by atoms with Crippen molar-refractivity contribution in [1.29, 1.82) is 0 Å². The quantitative estimate of drug-likeness (QED) is 0.778. The standard InChI is InChI=1S/C17H19NO/c1-13-4-6-14(7-5-13)15-8-10-16(11-9-15)17(19)12-18(2)3/h4-11H,12H2,1-3H3. The van der Waals surface area contributed by atoms with E-state index in [1.807, 2.05) is 43.3 Å². The van der Waals surface area contributed by atoms with E-state index in [-0.39, 0.29) is 5.78 Å². The number of hydrogen-bond acceptors (Lipinski definition) is 2. The van der Waals surface area contributed by atoms with Crippen LogP contribution in [-0.2, 0) is 0 Å². The molecule has 0 spiro atoms. The molecule has 0 saturated carbocycles. The number of carbonyl (C=O) groups excluding carboxylic acids is 1. The predicted octanol–water partition coefficient (Wildman–Crippen LogP) is 3.41. The van der Waals surface area contributed by atoms with Gasteiger partial charge in [-0.15, -0.1) is 0 Å². The minimum atomic E-state index is 0.153. The van der Waals surface area contributed by atoms with Crippen LogP contribution in [0.5, 0.6) is 0 Å². The van der Waals surface area contributed by atoms with Crippen LogP contribution in [0.3, 0.4) is 0 Å². The monoisotopic (exact) mass is 253 g/mol. The second-order valence-electron chi connectivity index (χ2n) is 5.10. The normalized spacial score (nSPS) is 10.7. The molecule has 0 heterocycles.